The minimum Gasteiger partial charge on any atom is -0.265 e. The van der Waals surface area contributed by atoms with Crippen LogP contribution in [-0.2, 0) is 0 Å². The summed E-state index contributed by atoms with van der Waals surface area (Å²) < 4.78 is 3.81. The van der Waals surface area contributed by atoms with Crippen LogP contribution in [0.1, 0.15) is 17.4 Å². The first kappa shape index (κ1) is 34.7. The second kappa shape index (κ2) is 14.7. The number of nitrogens with zero attached hydrogens (tertiary/aromatic N) is 3. The van der Waals surface area contributed by atoms with E-state index in [2.05, 4.69) is 152 Å². The molecule has 57 heavy (non-hydrogen) atoms. The molecule has 3 nitrogen and oxygen atoms in total. The summed E-state index contributed by atoms with van der Waals surface area (Å²) in [5.74, 6) is 0.687. The Morgan fingerprint density at radius 1 is 0.491 bits per heavy atom. The van der Waals surface area contributed by atoms with Crippen LogP contribution in [0.25, 0.3) is 110 Å². The smallest absolute Gasteiger partial charge is 0.160 e. The summed E-state index contributed by atoms with van der Waals surface area (Å²) in [6.07, 6.45) is 9.93. The summed E-state index contributed by atoms with van der Waals surface area (Å²) in [5, 5.41) is 3.78. The molecule has 5 heteroatoms. The number of rotatable bonds is 8. The Bertz CT molecular complexity index is 3140. The van der Waals surface area contributed by atoms with E-state index in [1.54, 1.807) is 0 Å². The van der Waals surface area contributed by atoms with Crippen LogP contribution in [0.2, 0.25) is 0 Å². The van der Waals surface area contributed by atoms with Gasteiger partial charge < -0.3 is 0 Å². The summed E-state index contributed by atoms with van der Waals surface area (Å²) in [6.45, 7) is 6.26. The molecule has 4 heterocycles. The van der Waals surface area contributed by atoms with Crippen LogP contribution < -0.4 is 0 Å². The lowest BCUT2D eigenvalue weighted by atomic mass is 9.93. The maximum atomic E-state index is 5.31. The predicted octanol–water partition coefficient (Wildman–Crippen LogP) is 15.1. The third kappa shape index (κ3) is 6.37. The lowest BCUT2D eigenvalue weighted by Crippen LogP contribution is -1.96. The molecule has 0 spiro atoms. The van der Waals surface area contributed by atoms with Gasteiger partial charge in [0.05, 0.1) is 11.4 Å². The number of thiophene rings is 2. The second-order valence-corrected chi connectivity index (χ2v) is 16.1. The molecule has 0 saturated heterocycles. The quantitative estimate of drug-likeness (QED) is 0.155. The molecule has 0 bridgehead atoms. The average molecular weight is 766 g/mol. The van der Waals surface area contributed by atoms with E-state index in [1.807, 2.05) is 71.5 Å². The average Bonchev–Trinajstić information content (AvgIpc) is 3.85. The molecular formula is C52H35N3S2. The van der Waals surface area contributed by atoms with E-state index in [4.69, 9.17) is 9.97 Å². The molecule has 0 aliphatic carbocycles. The molecule has 0 radical (unpaired) electrons. The standard InChI is InChI=1S/C52H35N3S2/c1-3-12-48-40(4-2)44-18-10-16-41(50(44)56-48)37-29-38(42-17-11-19-45-43-15-8-9-20-49(43)57-51(42)45)31-39(30-37)47-32-46(54-52(55-47)36-13-6-5-7-14-36)35-23-21-33(22-24-35)34-25-27-53-28-26-34/h3-32H,2H2,1H3/b12-3-. The first-order valence-electron chi connectivity index (χ1n) is 19.0. The van der Waals surface area contributed by atoms with Crippen molar-refractivity contribution in [3.63, 3.8) is 0 Å². The summed E-state index contributed by atoms with van der Waals surface area (Å²) in [5.41, 5.74) is 12.9. The fourth-order valence-corrected chi connectivity index (χ4v) is 10.3. The number of pyridine rings is 1. The number of aromatic nitrogens is 3. The fourth-order valence-electron chi connectivity index (χ4n) is 7.77. The number of fused-ring (bicyclic) bond motifs is 4. The Labute approximate surface area is 339 Å². The molecule has 4 aromatic heterocycles. The molecule has 10 aromatic rings. The lowest BCUT2D eigenvalue weighted by molar-refractivity contribution is 1.18. The Kier molecular flexibility index (Phi) is 8.94. The third-order valence-electron chi connectivity index (χ3n) is 10.5. The highest BCUT2D eigenvalue weighted by molar-refractivity contribution is 7.26. The van der Waals surface area contributed by atoms with Gasteiger partial charge in [-0.3, -0.25) is 4.98 Å². The maximum absolute atomic E-state index is 5.31. The molecule has 0 unspecified atom stereocenters. The summed E-state index contributed by atoms with van der Waals surface area (Å²) >= 11 is 3.67. The van der Waals surface area contributed by atoms with Gasteiger partial charge in [0.15, 0.2) is 5.82 Å². The summed E-state index contributed by atoms with van der Waals surface area (Å²) in [6, 6.07) is 54.1. The van der Waals surface area contributed by atoms with Crippen molar-refractivity contribution in [3.05, 3.63) is 187 Å². The van der Waals surface area contributed by atoms with Gasteiger partial charge in [0.1, 0.15) is 0 Å². The van der Waals surface area contributed by atoms with Crippen molar-refractivity contribution >= 4 is 65.1 Å². The highest BCUT2D eigenvalue weighted by Gasteiger charge is 2.18. The van der Waals surface area contributed by atoms with Crippen molar-refractivity contribution in [2.45, 2.75) is 6.92 Å². The van der Waals surface area contributed by atoms with Crippen LogP contribution in [0.3, 0.4) is 0 Å². The van der Waals surface area contributed by atoms with Crippen molar-refractivity contribution in [1.82, 2.24) is 15.0 Å². The van der Waals surface area contributed by atoms with E-state index in [0.717, 1.165) is 50.3 Å². The largest absolute Gasteiger partial charge is 0.265 e. The molecule has 0 aliphatic rings. The number of hydrogen-bond acceptors (Lipinski definition) is 5. The third-order valence-corrected chi connectivity index (χ3v) is 13.0. The molecule has 0 N–H and O–H groups in total. The summed E-state index contributed by atoms with van der Waals surface area (Å²) in [4.78, 5) is 15.9. The zero-order chi connectivity index (χ0) is 38.3. The van der Waals surface area contributed by atoms with Gasteiger partial charge >= 0.3 is 0 Å². The fraction of sp³-hybridized carbons (Fsp3) is 0.0192. The first-order valence-corrected chi connectivity index (χ1v) is 20.6. The van der Waals surface area contributed by atoms with Crippen LogP contribution in [0.5, 0.6) is 0 Å². The van der Waals surface area contributed by atoms with Crippen LogP contribution in [0.15, 0.2) is 177 Å². The maximum Gasteiger partial charge on any atom is 0.160 e. The topological polar surface area (TPSA) is 38.7 Å². The van der Waals surface area contributed by atoms with Gasteiger partial charge in [-0.05, 0) is 94.4 Å². The van der Waals surface area contributed by atoms with Gasteiger partial charge in [0.25, 0.3) is 0 Å². The van der Waals surface area contributed by atoms with Crippen LogP contribution in [-0.4, -0.2) is 15.0 Å². The van der Waals surface area contributed by atoms with Crippen molar-refractivity contribution in [2.75, 3.05) is 0 Å². The lowest BCUT2D eigenvalue weighted by Gasteiger charge is -2.14. The van der Waals surface area contributed by atoms with Crippen molar-refractivity contribution in [3.8, 4) is 67.3 Å². The van der Waals surface area contributed by atoms with E-state index in [-0.39, 0.29) is 0 Å². The minimum absolute atomic E-state index is 0.687. The van der Waals surface area contributed by atoms with E-state index in [9.17, 15) is 0 Å². The van der Waals surface area contributed by atoms with Crippen molar-refractivity contribution < 1.29 is 0 Å². The summed E-state index contributed by atoms with van der Waals surface area (Å²) in [7, 11) is 0. The SMILES string of the molecule is C=Cc1c(/C=C\C)sc2c(-c3cc(-c4cc(-c5ccc(-c6ccncc6)cc5)nc(-c5ccccc5)n4)cc(-c4cccc5c4sc4ccccc45)c3)cccc12. The Morgan fingerprint density at radius 2 is 1.09 bits per heavy atom. The highest BCUT2D eigenvalue weighted by atomic mass is 32.1. The van der Waals surface area contributed by atoms with Crippen LogP contribution >= 0.6 is 22.7 Å². The molecule has 0 saturated carbocycles. The second-order valence-electron chi connectivity index (χ2n) is 14.0. The molecule has 10 rings (SSSR count). The molecule has 0 fully saturated rings. The van der Waals surface area contributed by atoms with Gasteiger partial charge in [-0.1, -0.05) is 128 Å². The normalized spacial score (nSPS) is 11.6. The predicted molar refractivity (Wildman–Crippen MR) is 246 cm³/mol. The highest BCUT2D eigenvalue weighted by Crippen LogP contribution is 2.45. The van der Waals surface area contributed by atoms with Gasteiger partial charge in [-0.2, -0.15) is 0 Å². The zero-order valence-electron chi connectivity index (χ0n) is 31.2. The van der Waals surface area contributed by atoms with Crippen LogP contribution in [0, 0.1) is 0 Å². The van der Waals surface area contributed by atoms with Gasteiger partial charge in [0.2, 0.25) is 0 Å². The zero-order valence-corrected chi connectivity index (χ0v) is 32.8. The van der Waals surface area contributed by atoms with E-state index in [0.29, 0.717) is 5.82 Å². The number of allylic oxidation sites excluding steroid dienone is 1. The van der Waals surface area contributed by atoms with Crippen molar-refractivity contribution in [2.24, 2.45) is 0 Å². The van der Waals surface area contributed by atoms with Gasteiger partial charge in [-0.15, -0.1) is 22.7 Å². The van der Waals surface area contributed by atoms with Gasteiger partial charge in [-0.25, -0.2) is 9.97 Å². The van der Waals surface area contributed by atoms with E-state index >= 15 is 0 Å². The molecule has 0 aliphatic heterocycles. The Hall–Kier alpha value is -6.79. The minimum atomic E-state index is 0.687. The van der Waals surface area contributed by atoms with E-state index in [1.165, 1.54) is 51.8 Å². The molecule has 6 aromatic carbocycles. The first-order chi connectivity index (χ1) is 28.1. The number of benzene rings is 6. The van der Waals surface area contributed by atoms with E-state index < -0.39 is 0 Å². The van der Waals surface area contributed by atoms with Crippen LogP contribution in [0.4, 0.5) is 0 Å². The molecule has 270 valence electrons. The van der Waals surface area contributed by atoms with Crippen molar-refractivity contribution in [1.29, 1.82) is 0 Å². The molecule has 0 amide bonds. The molecular weight excluding hydrogens is 731 g/mol. The molecule has 0 atom stereocenters. The van der Waals surface area contributed by atoms with Gasteiger partial charge in [0, 0.05) is 64.2 Å². The number of hydrogen-bond donors (Lipinski definition) is 0. The Morgan fingerprint density at radius 3 is 1.81 bits per heavy atom. The Balaban J connectivity index is 1.22. The monoisotopic (exact) mass is 765 g/mol.